The molecule has 0 unspecified atom stereocenters. The number of carbonyl (C=O) groups excluding carboxylic acids is 1. The van der Waals surface area contributed by atoms with Gasteiger partial charge in [-0.1, -0.05) is 5.57 Å². The zero-order valence-electron chi connectivity index (χ0n) is 16.4. The van der Waals surface area contributed by atoms with Gasteiger partial charge in [0.05, 0.1) is 17.1 Å². The van der Waals surface area contributed by atoms with Crippen LogP contribution in [-0.2, 0) is 11.8 Å². The Hall–Kier alpha value is -2.37. The molecule has 0 saturated heterocycles. The van der Waals surface area contributed by atoms with E-state index in [0.717, 1.165) is 41.1 Å². The van der Waals surface area contributed by atoms with Gasteiger partial charge < -0.3 is 10.6 Å². The minimum Gasteiger partial charge on any atom is -0.365 e. The number of carbonyl (C=O) groups is 1. The number of hydrogen-bond donors (Lipinski definition) is 2. The first-order valence-electron chi connectivity index (χ1n) is 8.55. The molecule has 1 heterocycles. The lowest BCUT2D eigenvalue weighted by molar-refractivity contribution is -0.112. The molecular weight excluding hydrogens is 314 g/mol. The van der Waals surface area contributed by atoms with E-state index in [2.05, 4.69) is 34.4 Å². The van der Waals surface area contributed by atoms with Crippen molar-refractivity contribution in [1.29, 1.82) is 0 Å². The molecule has 1 aliphatic carbocycles. The average molecular weight is 343 g/mol. The van der Waals surface area contributed by atoms with Gasteiger partial charge in [-0.25, -0.2) is 4.99 Å². The van der Waals surface area contributed by atoms with E-state index in [4.69, 9.17) is 0 Å². The molecule has 0 bridgehead atoms. The van der Waals surface area contributed by atoms with Gasteiger partial charge >= 0.3 is 0 Å². The van der Waals surface area contributed by atoms with Gasteiger partial charge in [0, 0.05) is 23.7 Å². The number of allylic oxidation sites excluding steroid dienone is 1. The molecular formula is C19H29N5O. The zero-order chi connectivity index (χ0) is 18.9. The van der Waals surface area contributed by atoms with E-state index < -0.39 is 0 Å². The number of rotatable bonds is 6. The summed E-state index contributed by atoms with van der Waals surface area (Å²) < 4.78 is 1.77. The fourth-order valence-corrected chi connectivity index (χ4v) is 2.87. The van der Waals surface area contributed by atoms with Gasteiger partial charge in [0.1, 0.15) is 5.82 Å². The third kappa shape index (κ3) is 4.00. The van der Waals surface area contributed by atoms with E-state index >= 15 is 0 Å². The first kappa shape index (κ1) is 19.0. The number of nitrogens with zero attached hydrogens (tertiary/aromatic N) is 3. The fourth-order valence-electron chi connectivity index (χ4n) is 2.87. The zero-order valence-corrected chi connectivity index (χ0v) is 16.4. The molecule has 1 aromatic rings. The first-order valence-corrected chi connectivity index (χ1v) is 8.55. The third-order valence-corrected chi connectivity index (χ3v) is 4.78. The summed E-state index contributed by atoms with van der Waals surface area (Å²) in [5, 5.41) is 10.8. The van der Waals surface area contributed by atoms with E-state index in [1.807, 2.05) is 41.7 Å². The number of nitrogens with one attached hydrogen (secondary N) is 2. The van der Waals surface area contributed by atoms with Crippen LogP contribution in [0.5, 0.6) is 0 Å². The Bertz CT molecular complexity index is 774. The molecule has 0 spiro atoms. The van der Waals surface area contributed by atoms with Crippen LogP contribution in [0.3, 0.4) is 0 Å². The van der Waals surface area contributed by atoms with E-state index in [9.17, 15) is 4.79 Å². The summed E-state index contributed by atoms with van der Waals surface area (Å²) in [6.45, 7) is 15.4. The Balaban J connectivity index is 2.35. The van der Waals surface area contributed by atoms with Crippen molar-refractivity contribution in [3.63, 3.8) is 0 Å². The predicted octanol–water partition coefficient (Wildman–Crippen LogP) is 3.39. The third-order valence-electron chi connectivity index (χ3n) is 4.78. The molecule has 136 valence electrons. The number of hydrogen-bond acceptors (Lipinski definition) is 4. The molecule has 2 rings (SSSR count). The second-order valence-corrected chi connectivity index (χ2v) is 7.32. The van der Waals surface area contributed by atoms with Crippen LogP contribution < -0.4 is 10.6 Å². The molecule has 6 heteroatoms. The molecule has 1 fully saturated rings. The monoisotopic (exact) mass is 343 g/mol. The molecule has 1 aliphatic rings. The highest BCUT2D eigenvalue weighted by Crippen LogP contribution is 2.36. The fraction of sp³-hybridized carbons (Fsp3) is 0.526. The Morgan fingerprint density at radius 1 is 1.28 bits per heavy atom. The number of aliphatic imine (C=N–C) groups is 1. The second kappa shape index (κ2) is 6.86. The van der Waals surface area contributed by atoms with Crippen LogP contribution >= 0.6 is 0 Å². The largest absolute Gasteiger partial charge is 0.365 e. The summed E-state index contributed by atoms with van der Waals surface area (Å²) in [6, 6.07) is 0. The van der Waals surface area contributed by atoms with E-state index in [1.54, 1.807) is 4.68 Å². The first-order chi connectivity index (χ1) is 11.6. The van der Waals surface area contributed by atoms with Crippen LogP contribution in [0.2, 0.25) is 0 Å². The van der Waals surface area contributed by atoms with E-state index in [0.29, 0.717) is 11.4 Å². The topological polar surface area (TPSA) is 71.3 Å². The molecule has 0 aliphatic heterocycles. The summed E-state index contributed by atoms with van der Waals surface area (Å²) in [5.74, 6) is 0.520. The van der Waals surface area contributed by atoms with Crippen LogP contribution in [0, 0.1) is 13.8 Å². The molecule has 0 atom stereocenters. The molecule has 1 aromatic heterocycles. The lowest BCUT2D eigenvalue weighted by Crippen LogP contribution is -2.28. The predicted molar refractivity (Wildman–Crippen MR) is 103 cm³/mol. The maximum atomic E-state index is 13.0. The van der Waals surface area contributed by atoms with Crippen LogP contribution in [0.4, 0.5) is 5.69 Å². The lowest BCUT2D eigenvalue weighted by atomic mass is 10.0. The Morgan fingerprint density at radius 3 is 2.28 bits per heavy atom. The smallest absolute Gasteiger partial charge is 0.256 e. The Kier molecular flexibility index (Phi) is 5.20. The molecule has 2 N–H and O–H groups in total. The molecule has 1 saturated carbocycles. The maximum absolute atomic E-state index is 13.0. The summed E-state index contributed by atoms with van der Waals surface area (Å²) in [7, 11) is 1.87. The van der Waals surface area contributed by atoms with Gasteiger partial charge in [-0.3, -0.25) is 9.48 Å². The van der Waals surface area contributed by atoms with E-state index in [1.165, 1.54) is 0 Å². The number of aryl methyl sites for hydroxylation is 2. The molecule has 1 amide bonds. The van der Waals surface area contributed by atoms with Gasteiger partial charge in [0.2, 0.25) is 0 Å². The van der Waals surface area contributed by atoms with Crippen molar-refractivity contribution in [2.75, 3.05) is 5.32 Å². The van der Waals surface area contributed by atoms with E-state index in [-0.39, 0.29) is 11.4 Å². The van der Waals surface area contributed by atoms with Gasteiger partial charge in [0.25, 0.3) is 5.91 Å². The highest BCUT2D eigenvalue weighted by atomic mass is 16.1. The van der Waals surface area contributed by atoms with Gasteiger partial charge in [-0.15, -0.1) is 0 Å². The van der Waals surface area contributed by atoms with Crippen molar-refractivity contribution < 1.29 is 4.79 Å². The van der Waals surface area contributed by atoms with Crippen molar-refractivity contribution in [3.05, 3.63) is 33.9 Å². The number of amides is 1. The minimum absolute atomic E-state index is 0.0670. The highest BCUT2D eigenvalue weighted by Gasteiger charge is 2.38. The van der Waals surface area contributed by atoms with Crippen LogP contribution in [0.15, 0.2) is 27.5 Å². The number of aromatic nitrogens is 2. The summed E-state index contributed by atoms with van der Waals surface area (Å²) in [4.78, 5) is 17.1. The van der Waals surface area contributed by atoms with Crippen LogP contribution in [0.25, 0.3) is 0 Å². The number of anilines is 1. The summed E-state index contributed by atoms with van der Waals surface area (Å²) >= 11 is 0. The quantitative estimate of drug-likeness (QED) is 0.472. The average Bonchev–Trinajstić information content (AvgIpc) is 3.20. The SMILES string of the molecule is C=N/C(NC1(C)CC1)=C(\C)C(C(=O)Nc1c(C)nn(C)c1C)=C(C)C. The van der Waals surface area contributed by atoms with Gasteiger partial charge in [-0.05, 0) is 61.1 Å². The van der Waals surface area contributed by atoms with Gasteiger partial charge in [-0.2, -0.15) is 5.10 Å². The van der Waals surface area contributed by atoms with Crippen molar-refractivity contribution >= 4 is 18.3 Å². The lowest BCUT2D eigenvalue weighted by Gasteiger charge is -2.18. The molecule has 6 nitrogen and oxygen atoms in total. The maximum Gasteiger partial charge on any atom is 0.256 e. The molecule has 25 heavy (non-hydrogen) atoms. The Labute approximate surface area is 150 Å². The summed E-state index contributed by atoms with van der Waals surface area (Å²) in [6.07, 6.45) is 2.20. The van der Waals surface area contributed by atoms with Crippen molar-refractivity contribution in [3.8, 4) is 0 Å². The standard InChI is InChI=1S/C19H29N5O/c1-11(2)15(12(3)17(20-7)22-19(6)9-10-19)18(25)21-16-13(4)23-24(8)14(16)5/h22H,7,9-10H2,1-6,8H3,(H,21,25)/b17-12-. The second-order valence-electron chi connectivity index (χ2n) is 7.32. The van der Waals surface area contributed by atoms with Crippen molar-refractivity contribution in [2.45, 2.75) is 59.9 Å². The Morgan fingerprint density at radius 2 is 1.88 bits per heavy atom. The van der Waals surface area contributed by atoms with Crippen LogP contribution in [0.1, 0.15) is 51.9 Å². The van der Waals surface area contributed by atoms with Crippen LogP contribution in [-0.4, -0.2) is 27.9 Å². The summed E-state index contributed by atoms with van der Waals surface area (Å²) in [5.41, 5.74) is 4.91. The minimum atomic E-state index is -0.152. The highest BCUT2D eigenvalue weighted by molar-refractivity contribution is 6.07. The normalized spacial score (nSPS) is 16.0. The van der Waals surface area contributed by atoms with Crippen molar-refractivity contribution in [2.24, 2.45) is 12.0 Å². The molecule has 0 aromatic carbocycles. The van der Waals surface area contributed by atoms with Crippen molar-refractivity contribution in [1.82, 2.24) is 15.1 Å². The molecule has 0 radical (unpaired) electrons. The van der Waals surface area contributed by atoms with Gasteiger partial charge in [0.15, 0.2) is 0 Å².